The number of aryl methyl sites for hydroxylation is 2. The quantitative estimate of drug-likeness (QED) is 0.304. The third kappa shape index (κ3) is 4.43. The molecule has 4 rings (SSSR count). The Labute approximate surface area is 201 Å². The number of carboxylic acids is 1. The van der Waals surface area contributed by atoms with Crippen molar-refractivity contribution in [2.45, 2.75) is 27.2 Å². The molecule has 0 spiro atoms. The van der Waals surface area contributed by atoms with Crippen LogP contribution in [0.5, 0.6) is 11.5 Å². The molecule has 9 heteroatoms. The summed E-state index contributed by atoms with van der Waals surface area (Å²) in [5, 5.41) is 40.3. The molecule has 35 heavy (non-hydrogen) atoms. The first kappa shape index (κ1) is 23.5. The first-order chi connectivity index (χ1) is 16.7. The number of anilines is 2. The molecule has 3 aromatic carbocycles. The zero-order valence-corrected chi connectivity index (χ0v) is 19.4. The van der Waals surface area contributed by atoms with Gasteiger partial charge < -0.3 is 15.3 Å². The number of amides is 1. The minimum Gasteiger partial charge on any atom is -0.507 e. The van der Waals surface area contributed by atoms with E-state index >= 15 is 0 Å². The van der Waals surface area contributed by atoms with Crippen molar-refractivity contribution >= 4 is 34.7 Å². The van der Waals surface area contributed by atoms with E-state index in [1.165, 1.54) is 29.3 Å². The van der Waals surface area contributed by atoms with Gasteiger partial charge >= 0.3 is 11.9 Å². The van der Waals surface area contributed by atoms with Gasteiger partial charge in [-0.15, -0.1) is 0 Å². The zero-order valence-electron chi connectivity index (χ0n) is 19.4. The maximum atomic E-state index is 13.1. The summed E-state index contributed by atoms with van der Waals surface area (Å²) in [7, 11) is 0. The Balaban J connectivity index is 1.66. The van der Waals surface area contributed by atoms with E-state index in [-0.39, 0.29) is 39.6 Å². The van der Waals surface area contributed by atoms with Crippen molar-refractivity contribution < 1.29 is 24.9 Å². The number of para-hydroxylation sites is 1. The summed E-state index contributed by atoms with van der Waals surface area (Å²) in [6, 6.07) is 14.1. The number of benzene rings is 3. The fourth-order valence-corrected chi connectivity index (χ4v) is 3.67. The van der Waals surface area contributed by atoms with Crippen LogP contribution >= 0.6 is 0 Å². The summed E-state index contributed by atoms with van der Waals surface area (Å²) in [6.45, 7) is 5.81. The number of carbonyl (C=O) groups excluding carboxylic acids is 1. The predicted octanol–water partition coefficient (Wildman–Crippen LogP) is 4.66. The van der Waals surface area contributed by atoms with Crippen molar-refractivity contribution in [3.8, 4) is 22.6 Å². The Morgan fingerprint density at radius 3 is 2.49 bits per heavy atom. The summed E-state index contributed by atoms with van der Waals surface area (Å²) in [4.78, 5) is 24.4. The smallest absolute Gasteiger partial charge is 0.335 e. The summed E-state index contributed by atoms with van der Waals surface area (Å²) >= 11 is 0. The van der Waals surface area contributed by atoms with Crippen molar-refractivity contribution in [3.63, 3.8) is 0 Å². The van der Waals surface area contributed by atoms with Crippen LogP contribution in [0.3, 0.4) is 0 Å². The van der Waals surface area contributed by atoms with Gasteiger partial charge in [0.05, 0.1) is 22.6 Å². The number of aromatic carboxylic acids is 1. The lowest BCUT2D eigenvalue weighted by Crippen LogP contribution is -2.28. The fraction of sp³-hybridized carbons (Fsp3) is 0.154. The molecule has 1 amide bonds. The van der Waals surface area contributed by atoms with Crippen molar-refractivity contribution in [1.82, 2.24) is 0 Å². The van der Waals surface area contributed by atoms with Crippen molar-refractivity contribution in [2.75, 3.05) is 10.4 Å². The Morgan fingerprint density at radius 2 is 1.80 bits per heavy atom. The van der Waals surface area contributed by atoms with Gasteiger partial charge in [0.2, 0.25) is 0 Å². The van der Waals surface area contributed by atoms with Gasteiger partial charge in [-0.1, -0.05) is 25.1 Å². The summed E-state index contributed by atoms with van der Waals surface area (Å²) in [5.74, 6) is -2.02. The molecule has 0 atom stereocenters. The molecular weight excluding hydrogens is 448 g/mol. The van der Waals surface area contributed by atoms with Crippen LogP contribution in [0.4, 0.5) is 11.4 Å². The zero-order chi connectivity index (χ0) is 25.3. The molecule has 4 N–H and O–H groups in total. The molecule has 1 aliphatic heterocycles. The molecule has 0 unspecified atom stereocenters. The highest BCUT2D eigenvalue weighted by Crippen LogP contribution is 2.40. The molecule has 0 radical (unpaired) electrons. The first-order valence-corrected chi connectivity index (χ1v) is 10.9. The molecule has 9 nitrogen and oxygen atoms in total. The van der Waals surface area contributed by atoms with Crippen molar-refractivity contribution in [3.05, 3.63) is 71.3 Å². The molecule has 1 heterocycles. The number of phenolic OH excluding ortho intramolecular Hbond substituents is 2. The van der Waals surface area contributed by atoms with E-state index in [2.05, 4.69) is 15.6 Å². The summed E-state index contributed by atoms with van der Waals surface area (Å²) in [6.07, 6.45) is 0.468. The largest absolute Gasteiger partial charge is 0.507 e. The van der Waals surface area contributed by atoms with Crippen LogP contribution in [0.15, 0.2) is 64.8 Å². The summed E-state index contributed by atoms with van der Waals surface area (Å²) < 4.78 is 0. The number of aromatic hydroxyl groups is 2. The third-order valence-corrected chi connectivity index (χ3v) is 5.82. The fourth-order valence-electron chi connectivity index (χ4n) is 3.67. The van der Waals surface area contributed by atoms with Crippen molar-refractivity contribution in [1.29, 1.82) is 0 Å². The SMILES string of the molecule is CCC1=NN(c2ccc(C)c(C)c2)C(=O)C1=NNc1cccc(-c2cc(C(=O)O)ccc2O)c1O. The number of nitrogens with one attached hydrogen (secondary N) is 1. The standard InChI is InChI=1S/C26H24N4O5/c1-4-20-23(25(33)30(29-20)17-10-8-14(2)15(3)12-17)28-27-21-7-5-6-18(24(21)32)19-13-16(26(34)35)9-11-22(19)31/h5-13,27,31-32H,4H2,1-3H3,(H,34,35). The van der Waals surface area contributed by atoms with Crippen LogP contribution in [-0.4, -0.2) is 38.6 Å². The Morgan fingerprint density at radius 1 is 1.03 bits per heavy atom. The molecule has 0 saturated heterocycles. The second-order valence-electron chi connectivity index (χ2n) is 8.10. The van der Waals surface area contributed by atoms with E-state index < -0.39 is 11.9 Å². The molecular formula is C26H24N4O5. The van der Waals surface area contributed by atoms with Gasteiger partial charge in [-0.25, -0.2) is 4.79 Å². The number of nitrogens with zero attached hydrogens (tertiary/aromatic N) is 3. The van der Waals surface area contributed by atoms with E-state index in [0.717, 1.165) is 11.1 Å². The van der Waals surface area contributed by atoms with Gasteiger partial charge in [0.15, 0.2) is 5.71 Å². The molecule has 0 bridgehead atoms. The lowest BCUT2D eigenvalue weighted by Gasteiger charge is -2.13. The van der Waals surface area contributed by atoms with Gasteiger partial charge in [0.25, 0.3) is 0 Å². The van der Waals surface area contributed by atoms with Crippen LogP contribution in [0.1, 0.15) is 34.8 Å². The number of hydrogen-bond acceptors (Lipinski definition) is 7. The lowest BCUT2D eigenvalue weighted by atomic mass is 10.0. The van der Waals surface area contributed by atoms with E-state index in [0.29, 0.717) is 17.8 Å². The lowest BCUT2D eigenvalue weighted by molar-refractivity contribution is -0.112. The normalized spacial score (nSPS) is 14.4. The maximum absolute atomic E-state index is 13.1. The number of hydrazone groups is 2. The van der Waals surface area contributed by atoms with E-state index in [4.69, 9.17) is 0 Å². The molecule has 3 aromatic rings. The van der Waals surface area contributed by atoms with Gasteiger partial charge in [0.1, 0.15) is 11.5 Å². The number of carbonyl (C=O) groups is 2. The predicted molar refractivity (Wildman–Crippen MR) is 134 cm³/mol. The number of hydrogen-bond donors (Lipinski definition) is 4. The molecule has 178 valence electrons. The Bertz CT molecular complexity index is 1410. The molecule has 0 aromatic heterocycles. The highest BCUT2D eigenvalue weighted by molar-refractivity contribution is 6.71. The van der Waals surface area contributed by atoms with Gasteiger partial charge in [-0.3, -0.25) is 10.2 Å². The number of phenols is 2. The van der Waals surface area contributed by atoms with Crippen LogP contribution < -0.4 is 10.4 Å². The van der Waals surface area contributed by atoms with Crippen LogP contribution in [0.25, 0.3) is 11.1 Å². The topological polar surface area (TPSA) is 135 Å². The highest BCUT2D eigenvalue weighted by Gasteiger charge is 2.32. The molecule has 1 aliphatic rings. The number of rotatable bonds is 6. The minimum atomic E-state index is -1.16. The third-order valence-electron chi connectivity index (χ3n) is 5.82. The van der Waals surface area contributed by atoms with Crippen LogP contribution in [0, 0.1) is 13.8 Å². The number of carboxylic acid groups (broad SMARTS) is 1. The second kappa shape index (κ2) is 9.30. The van der Waals surface area contributed by atoms with Gasteiger partial charge in [-0.2, -0.15) is 15.2 Å². The molecule has 0 aliphatic carbocycles. The highest BCUT2D eigenvalue weighted by atomic mass is 16.4. The maximum Gasteiger partial charge on any atom is 0.335 e. The molecule has 0 saturated carbocycles. The molecule has 0 fully saturated rings. The first-order valence-electron chi connectivity index (χ1n) is 10.9. The Hall–Kier alpha value is -4.66. The van der Waals surface area contributed by atoms with Crippen molar-refractivity contribution in [2.24, 2.45) is 10.2 Å². The summed E-state index contributed by atoms with van der Waals surface area (Å²) in [5.41, 5.74) is 6.57. The van der Waals surface area contributed by atoms with Crippen LogP contribution in [0.2, 0.25) is 0 Å². The average molecular weight is 473 g/mol. The minimum absolute atomic E-state index is 0.0393. The van der Waals surface area contributed by atoms with Gasteiger partial charge in [0, 0.05) is 11.1 Å². The van der Waals surface area contributed by atoms with E-state index in [9.17, 15) is 24.9 Å². The van der Waals surface area contributed by atoms with Gasteiger partial charge in [-0.05, 0) is 67.8 Å². The monoisotopic (exact) mass is 472 g/mol. The van der Waals surface area contributed by atoms with Crippen LogP contribution in [-0.2, 0) is 4.79 Å². The average Bonchev–Trinajstić information content (AvgIpc) is 3.16. The second-order valence-corrected chi connectivity index (χ2v) is 8.10. The Kier molecular flexibility index (Phi) is 6.24. The van der Waals surface area contributed by atoms with E-state index in [1.54, 1.807) is 12.1 Å². The van der Waals surface area contributed by atoms with E-state index in [1.807, 2.05) is 39.0 Å².